The molecule has 0 bridgehead atoms. The van der Waals surface area contributed by atoms with Crippen LogP contribution in [0.5, 0.6) is 11.5 Å². The van der Waals surface area contributed by atoms with Gasteiger partial charge in [0.2, 0.25) is 0 Å². The van der Waals surface area contributed by atoms with Crippen LogP contribution in [0.15, 0.2) is 35.4 Å². The van der Waals surface area contributed by atoms with Crippen molar-refractivity contribution in [1.82, 2.24) is 0 Å². The Morgan fingerprint density at radius 2 is 1.78 bits per heavy atom. The van der Waals surface area contributed by atoms with Crippen LogP contribution in [0.4, 0.5) is 0 Å². The topological polar surface area (TPSA) is 99.9 Å². The first-order valence-corrected chi connectivity index (χ1v) is 11.6. The largest absolute Gasteiger partial charge is 0.490 e. The fourth-order valence-corrected chi connectivity index (χ4v) is 5.41. The number of nitrogens with two attached hydrogens (primary N) is 2. The molecule has 0 aliphatic heterocycles. The van der Waals surface area contributed by atoms with Gasteiger partial charge in [-0.1, -0.05) is 43.0 Å². The third-order valence-corrected chi connectivity index (χ3v) is 7.56. The molecule has 2 aromatic rings. The Labute approximate surface area is 197 Å². The molecule has 32 heavy (non-hydrogen) atoms. The molecule has 170 valence electrons. The van der Waals surface area contributed by atoms with Gasteiger partial charge >= 0.3 is 0 Å². The van der Waals surface area contributed by atoms with Crippen LogP contribution >= 0.6 is 23.2 Å². The molecule has 1 atom stereocenters. The Balaban J connectivity index is 1.41. The van der Waals surface area contributed by atoms with Gasteiger partial charge in [-0.2, -0.15) is 5.10 Å². The Hall–Kier alpha value is -2.44. The SMILES string of the molecule is CC1(C2CCCC2)Cc2cc(OCCOc3ccc(/C(N)=N/N)cc3)c(Cl)c(Cl)c2C1=O. The summed E-state index contributed by atoms with van der Waals surface area (Å²) < 4.78 is 11.6. The molecule has 2 aliphatic rings. The number of Topliss-reactive ketones (excluding diaryl/α,β-unsaturated/α-hetero) is 1. The van der Waals surface area contributed by atoms with Crippen molar-refractivity contribution in [2.45, 2.75) is 39.0 Å². The Morgan fingerprint density at radius 3 is 2.44 bits per heavy atom. The molecule has 0 radical (unpaired) electrons. The standard InChI is InChI=1S/C24H27Cl2N3O3/c1-24(16-4-2-3-5-16)13-15-12-18(20(25)21(26)19(15)22(24)30)32-11-10-31-17-8-6-14(7-9-17)23(27)29-28/h6-9,12,16H,2-5,10-11,13,28H2,1H3,(H2,27,29). The maximum Gasteiger partial charge on any atom is 0.171 e. The average molecular weight is 476 g/mol. The molecule has 0 aromatic heterocycles. The van der Waals surface area contributed by atoms with Crippen molar-refractivity contribution in [3.8, 4) is 11.5 Å². The van der Waals surface area contributed by atoms with E-state index in [1.165, 1.54) is 12.8 Å². The van der Waals surface area contributed by atoms with Gasteiger partial charge in [0, 0.05) is 16.5 Å². The summed E-state index contributed by atoms with van der Waals surface area (Å²) in [6.07, 6.45) is 5.23. The van der Waals surface area contributed by atoms with Crippen LogP contribution in [0.1, 0.15) is 54.1 Å². The molecular formula is C24H27Cl2N3O3. The first-order valence-electron chi connectivity index (χ1n) is 10.8. The fourth-order valence-electron chi connectivity index (χ4n) is 4.90. The van der Waals surface area contributed by atoms with E-state index in [2.05, 4.69) is 12.0 Å². The number of nitrogens with zero attached hydrogens (tertiary/aromatic N) is 1. The van der Waals surface area contributed by atoms with Crippen LogP contribution in [0.25, 0.3) is 0 Å². The van der Waals surface area contributed by atoms with Gasteiger partial charge in [-0.05, 0) is 61.1 Å². The molecule has 2 aliphatic carbocycles. The average Bonchev–Trinajstić information content (AvgIpc) is 3.42. The molecular weight excluding hydrogens is 449 g/mol. The molecule has 8 heteroatoms. The van der Waals surface area contributed by atoms with Gasteiger partial charge in [0.1, 0.15) is 35.6 Å². The van der Waals surface area contributed by atoms with Gasteiger partial charge in [0.05, 0.1) is 5.02 Å². The Kier molecular flexibility index (Phi) is 6.54. The predicted molar refractivity (Wildman–Crippen MR) is 127 cm³/mol. The maximum absolute atomic E-state index is 13.3. The minimum absolute atomic E-state index is 0.116. The summed E-state index contributed by atoms with van der Waals surface area (Å²) in [7, 11) is 0. The maximum atomic E-state index is 13.3. The lowest BCUT2D eigenvalue weighted by atomic mass is 9.73. The van der Waals surface area contributed by atoms with Crippen molar-refractivity contribution in [1.29, 1.82) is 0 Å². The van der Waals surface area contributed by atoms with Crippen LogP contribution < -0.4 is 21.1 Å². The summed E-state index contributed by atoms with van der Waals surface area (Å²) >= 11 is 13.0. The second kappa shape index (κ2) is 9.20. The minimum Gasteiger partial charge on any atom is -0.490 e. The van der Waals surface area contributed by atoms with E-state index >= 15 is 0 Å². The van der Waals surface area contributed by atoms with E-state index in [1.807, 2.05) is 6.07 Å². The Morgan fingerprint density at radius 1 is 1.12 bits per heavy atom. The quantitative estimate of drug-likeness (QED) is 0.193. The highest BCUT2D eigenvalue weighted by Gasteiger charge is 2.49. The summed E-state index contributed by atoms with van der Waals surface area (Å²) in [5.74, 6) is 7.09. The van der Waals surface area contributed by atoms with Crippen molar-refractivity contribution in [2.24, 2.45) is 28.0 Å². The van der Waals surface area contributed by atoms with Gasteiger partial charge in [-0.25, -0.2) is 0 Å². The van der Waals surface area contributed by atoms with E-state index in [0.717, 1.165) is 24.0 Å². The third-order valence-electron chi connectivity index (χ3n) is 6.71. The first-order chi connectivity index (χ1) is 15.3. The van der Waals surface area contributed by atoms with E-state index in [4.69, 9.17) is 44.3 Å². The zero-order chi connectivity index (χ0) is 22.9. The molecule has 0 spiro atoms. The normalized spacial score (nSPS) is 21.1. The molecule has 1 unspecified atom stereocenters. The van der Waals surface area contributed by atoms with E-state index in [0.29, 0.717) is 41.0 Å². The van der Waals surface area contributed by atoms with Crippen LogP contribution in [0.3, 0.4) is 0 Å². The lowest BCUT2D eigenvalue weighted by Crippen LogP contribution is -2.32. The number of fused-ring (bicyclic) bond motifs is 1. The lowest BCUT2D eigenvalue weighted by molar-refractivity contribution is 0.0744. The van der Waals surface area contributed by atoms with Crippen LogP contribution in [0.2, 0.25) is 10.0 Å². The van der Waals surface area contributed by atoms with E-state index in [-0.39, 0.29) is 23.2 Å². The number of amidine groups is 1. The van der Waals surface area contributed by atoms with E-state index in [1.54, 1.807) is 24.3 Å². The highest BCUT2D eigenvalue weighted by Crippen LogP contribution is 2.52. The molecule has 2 aromatic carbocycles. The molecule has 0 amide bonds. The summed E-state index contributed by atoms with van der Waals surface area (Å²) in [6.45, 7) is 2.66. The second-order valence-corrected chi connectivity index (χ2v) is 9.43. The summed E-state index contributed by atoms with van der Waals surface area (Å²) in [5.41, 5.74) is 7.47. The van der Waals surface area contributed by atoms with Crippen molar-refractivity contribution < 1.29 is 14.3 Å². The molecule has 4 rings (SSSR count). The van der Waals surface area contributed by atoms with E-state index in [9.17, 15) is 4.79 Å². The van der Waals surface area contributed by atoms with Crippen LogP contribution in [-0.4, -0.2) is 24.8 Å². The summed E-state index contributed by atoms with van der Waals surface area (Å²) in [5, 5.41) is 4.03. The fraction of sp³-hybridized carbons (Fsp3) is 0.417. The Bertz CT molecular complexity index is 1050. The van der Waals surface area contributed by atoms with Crippen LogP contribution in [0, 0.1) is 11.3 Å². The van der Waals surface area contributed by atoms with Gasteiger partial charge in [-0.3, -0.25) is 4.79 Å². The zero-order valence-corrected chi connectivity index (χ0v) is 19.5. The van der Waals surface area contributed by atoms with Gasteiger partial charge in [0.25, 0.3) is 0 Å². The molecule has 0 saturated heterocycles. The number of rotatable bonds is 7. The second-order valence-electron chi connectivity index (χ2n) is 8.68. The van der Waals surface area contributed by atoms with Gasteiger partial charge in [-0.15, -0.1) is 0 Å². The number of hydrogen-bond acceptors (Lipinski definition) is 5. The van der Waals surface area contributed by atoms with E-state index < -0.39 is 5.41 Å². The number of ketones is 1. The number of hydrogen-bond donors (Lipinski definition) is 2. The monoisotopic (exact) mass is 475 g/mol. The third kappa shape index (κ3) is 4.14. The van der Waals surface area contributed by atoms with Crippen molar-refractivity contribution >= 4 is 34.8 Å². The molecule has 4 N–H and O–H groups in total. The number of ether oxygens (including phenoxy) is 2. The number of hydrazone groups is 1. The minimum atomic E-state index is -0.405. The number of halogens is 2. The van der Waals surface area contributed by atoms with Crippen molar-refractivity contribution in [3.05, 3.63) is 57.1 Å². The van der Waals surface area contributed by atoms with Gasteiger partial charge < -0.3 is 21.1 Å². The predicted octanol–water partition coefficient (Wildman–Crippen LogP) is 4.97. The lowest BCUT2D eigenvalue weighted by Gasteiger charge is -2.29. The summed E-state index contributed by atoms with van der Waals surface area (Å²) in [4.78, 5) is 13.3. The highest BCUT2D eigenvalue weighted by atomic mass is 35.5. The van der Waals surface area contributed by atoms with Crippen molar-refractivity contribution in [2.75, 3.05) is 13.2 Å². The number of benzene rings is 2. The summed E-state index contributed by atoms with van der Waals surface area (Å²) in [6, 6.07) is 8.98. The highest BCUT2D eigenvalue weighted by molar-refractivity contribution is 6.45. The molecule has 1 fully saturated rings. The first kappa shape index (κ1) is 22.7. The molecule has 1 saturated carbocycles. The number of carbonyl (C=O) groups excluding carboxylic acids is 1. The molecule has 6 nitrogen and oxygen atoms in total. The number of carbonyl (C=O) groups is 1. The van der Waals surface area contributed by atoms with Crippen molar-refractivity contribution in [3.63, 3.8) is 0 Å². The van der Waals surface area contributed by atoms with Gasteiger partial charge in [0.15, 0.2) is 5.78 Å². The smallest absolute Gasteiger partial charge is 0.171 e. The molecule has 0 heterocycles. The zero-order valence-electron chi connectivity index (χ0n) is 18.0. The van der Waals surface area contributed by atoms with Crippen LogP contribution in [-0.2, 0) is 6.42 Å².